The maximum absolute atomic E-state index is 5.68. The number of anilines is 1. The van der Waals surface area contributed by atoms with Gasteiger partial charge in [-0.3, -0.25) is 4.98 Å². The first-order chi connectivity index (χ1) is 8.33. The summed E-state index contributed by atoms with van der Waals surface area (Å²) < 4.78 is 0. The van der Waals surface area contributed by atoms with Crippen LogP contribution >= 0.6 is 0 Å². The molecule has 0 unspecified atom stereocenters. The van der Waals surface area contributed by atoms with Crippen molar-refractivity contribution in [3.63, 3.8) is 0 Å². The number of para-hydroxylation sites is 1. The zero-order valence-corrected chi connectivity index (χ0v) is 9.17. The summed E-state index contributed by atoms with van der Waals surface area (Å²) in [4.78, 5) is 8.41. The Morgan fingerprint density at radius 3 is 2.65 bits per heavy atom. The number of hydrogen-bond acceptors (Lipinski definition) is 3. The lowest BCUT2D eigenvalue weighted by Gasteiger charge is -2.03. The van der Waals surface area contributed by atoms with Crippen molar-refractivity contribution in [2.24, 2.45) is 0 Å². The maximum Gasteiger partial charge on any atom is 0.123 e. The van der Waals surface area contributed by atoms with Crippen molar-refractivity contribution in [2.45, 2.75) is 0 Å². The van der Waals surface area contributed by atoms with Crippen molar-refractivity contribution in [3.8, 4) is 11.1 Å². The van der Waals surface area contributed by atoms with E-state index in [1.165, 1.54) is 0 Å². The van der Waals surface area contributed by atoms with Gasteiger partial charge >= 0.3 is 0 Å². The van der Waals surface area contributed by atoms with Gasteiger partial charge in [0.2, 0.25) is 0 Å². The van der Waals surface area contributed by atoms with Crippen LogP contribution in [0.5, 0.6) is 0 Å². The highest BCUT2D eigenvalue weighted by molar-refractivity contribution is 5.83. The Balaban J connectivity index is 2.18. The van der Waals surface area contributed by atoms with Crippen LogP contribution in [0.2, 0.25) is 0 Å². The summed E-state index contributed by atoms with van der Waals surface area (Å²) in [5.41, 5.74) is 8.77. The van der Waals surface area contributed by atoms with Crippen molar-refractivity contribution >= 4 is 16.7 Å². The van der Waals surface area contributed by atoms with E-state index in [9.17, 15) is 0 Å². The predicted octanol–water partition coefficient (Wildman–Crippen LogP) is 2.88. The Morgan fingerprint density at radius 2 is 1.76 bits per heavy atom. The van der Waals surface area contributed by atoms with Gasteiger partial charge in [0.05, 0.1) is 5.52 Å². The molecule has 82 valence electrons. The second-order valence-electron chi connectivity index (χ2n) is 3.89. The molecule has 0 radical (unpaired) electrons. The summed E-state index contributed by atoms with van der Waals surface area (Å²) in [6.45, 7) is 0. The SMILES string of the molecule is Nc1cc(-c2cnc3ccccc3c2)ccn1. The van der Waals surface area contributed by atoms with Gasteiger partial charge in [-0.25, -0.2) is 4.98 Å². The molecule has 3 heteroatoms. The molecule has 3 rings (SSSR count). The van der Waals surface area contributed by atoms with Gasteiger partial charge in [-0.1, -0.05) is 18.2 Å². The maximum atomic E-state index is 5.68. The molecule has 0 bridgehead atoms. The van der Waals surface area contributed by atoms with Gasteiger partial charge in [-0.05, 0) is 29.8 Å². The predicted molar refractivity (Wildman–Crippen MR) is 69.4 cm³/mol. The minimum Gasteiger partial charge on any atom is -0.384 e. The number of aromatic nitrogens is 2. The molecule has 2 N–H and O–H groups in total. The van der Waals surface area contributed by atoms with E-state index in [1.54, 1.807) is 6.20 Å². The minimum absolute atomic E-state index is 0.524. The number of nitrogens with two attached hydrogens (primary N) is 1. The lowest BCUT2D eigenvalue weighted by Crippen LogP contribution is -1.90. The summed E-state index contributed by atoms with van der Waals surface area (Å²) in [5, 5.41) is 1.13. The van der Waals surface area contributed by atoms with Crippen LogP contribution in [0.25, 0.3) is 22.0 Å². The van der Waals surface area contributed by atoms with E-state index in [-0.39, 0.29) is 0 Å². The topological polar surface area (TPSA) is 51.8 Å². The van der Waals surface area contributed by atoms with E-state index < -0.39 is 0 Å². The zero-order chi connectivity index (χ0) is 11.7. The number of pyridine rings is 2. The molecule has 3 nitrogen and oxygen atoms in total. The lowest BCUT2D eigenvalue weighted by atomic mass is 10.1. The normalized spacial score (nSPS) is 10.6. The molecule has 1 aromatic carbocycles. The van der Waals surface area contributed by atoms with Crippen molar-refractivity contribution in [1.29, 1.82) is 0 Å². The van der Waals surface area contributed by atoms with E-state index in [2.05, 4.69) is 22.1 Å². The molecular formula is C14H11N3. The third-order valence-electron chi connectivity index (χ3n) is 2.70. The number of fused-ring (bicyclic) bond motifs is 1. The molecular weight excluding hydrogens is 210 g/mol. The Morgan fingerprint density at radius 1 is 0.882 bits per heavy atom. The van der Waals surface area contributed by atoms with Crippen LogP contribution in [-0.4, -0.2) is 9.97 Å². The first kappa shape index (κ1) is 9.78. The molecule has 0 spiro atoms. The average molecular weight is 221 g/mol. The number of rotatable bonds is 1. The fourth-order valence-electron chi connectivity index (χ4n) is 1.86. The standard InChI is InChI=1S/C14H11N3/c15-14-8-10(5-6-16-14)12-7-11-3-1-2-4-13(11)17-9-12/h1-9H,(H2,15,16). The van der Waals surface area contributed by atoms with Gasteiger partial charge in [-0.15, -0.1) is 0 Å². The highest BCUT2D eigenvalue weighted by atomic mass is 14.8. The number of hydrogen-bond donors (Lipinski definition) is 1. The first-order valence-corrected chi connectivity index (χ1v) is 5.40. The molecule has 3 aromatic rings. The monoisotopic (exact) mass is 221 g/mol. The third kappa shape index (κ3) is 1.83. The highest BCUT2D eigenvalue weighted by Gasteiger charge is 2.01. The van der Waals surface area contributed by atoms with E-state index in [4.69, 9.17) is 5.73 Å². The fraction of sp³-hybridized carbons (Fsp3) is 0. The highest BCUT2D eigenvalue weighted by Crippen LogP contribution is 2.23. The largest absolute Gasteiger partial charge is 0.384 e. The second kappa shape index (κ2) is 3.87. The van der Waals surface area contributed by atoms with Gasteiger partial charge in [0.15, 0.2) is 0 Å². The first-order valence-electron chi connectivity index (χ1n) is 5.40. The van der Waals surface area contributed by atoms with Crippen molar-refractivity contribution in [1.82, 2.24) is 9.97 Å². The quantitative estimate of drug-likeness (QED) is 0.687. The Bertz CT molecular complexity index is 677. The van der Waals surface area contributed by atoms with Gasteiger partial charge in [0, 0.05) is 23.3 Å². The lowest BCUT2D eigenvalue weighted by molar-refractivity contribution is 1.33. The van der Waals surface area contributed by atoms with E-state index >= 15 is 0 Å². The van der Waals surface area contributed by atoms with Crippen LogP contribution in [-0.2, 0) is 0 Å². The fourth-order valence-corrected chi connectivity index (χ4v) is 1.86. The Hall–Kier alpha value is -2.42. The molecule has 2 heterocycles. The van der Waals surface area contributed by atoms with Gasteiger partial charge in [-0.2, -0.15) is 0 Å². The van der Waals surface area contributed by atoms with E-state index in [1.807, 2.05) is 36.5 Å². The average Bonchev–Trinajstić information content (AvgIpc) is 2.38. The van der Waals surface area contributed by atoms with Crippen molar-refractivity contribution < 1.29 is 0 Å². The molecule has 0 saturated heterocycles. The van der Waals surface area contributed by atoms with Crippen LogP contribution in [0.15, 0.2) is 54.9 Å². The molecule has 0 fully saturated rings. The summed E-state index contributed by atoms with van der Waals surface area (Å²) in [6, 6.07) is 13.9. The zero-order valence-electron chi connectivity index (χ0n) is 9.17. The van der Waals surface area contributed by atoms with Crippen LogP contribution < -0.4 is 5.73 Å². The van der Waals surface area contributed by atoms with Crippen LogP contribution in [0.3, 0.4) is 0 Å². The van der Waals surface area contributed by atoms with Crippen LogP contribution in [0.1, 0.15) is 0 Å². The van der Waals surface area contributed by atoms with Crippen molar-refractivity contribution in [2.75, 3.05) is 5.73 Å². The molecule has 0 aliphatic carbocycles. The van der Waals surface area contributed by atoms with E-state index in [0.717, 1.165) is 22.0 Å². The molecule has 0 aliphatic rings. The van der Waals surface area contributed by atoms with Gasteiger partial charge in [0.25, 0.3) is 0 Å². The van der Waals surface area contributed by atoms with Gasteiger partial charge < -0.3 is 5.73 Å². The molecule has 0 amide bonds. The summed E-state index contributed by atoms with van der Waals surface area (Å²) in [5.74, 6) is 0.524. The Kier molecular flexibility index (Phi) is 2.22. The van der Waals surface area contributed by atoms with Gasteiger partial charge in [0.1, 0.15) is 5.82 Å². The molecule has 2 aromatic heterocycles. The minimum atomic E-state index is 0.524. The van der Waals surface area contributed by atoms with Crippen LogP contribution in [0.4, 0.5) is 5.82 Å². The van der Waals surface area contributed by atoms with Crippen LogP contribution in [0, 0.1) is 0 Å². The summed E-state index contributed by atoms with van der Waals surface area (Å²) in [6.07, 6.45) is 3.57. The van der Waals surface area contributed by atoms with E-state index in [0.29, 0.717) is 5.82 Å². The molecule has 0 saturated carbocycles. The van der Waals surface area contributed by atoms with Crippen molar-refractivity contribution in [3.05, 3.63) is 54.9 Å². The number of nitrogens with zero attached hydrogens (tertiary/aromatic N) is 2. The molecule has 17 heavy (non-hydrogen) atoms. The summed E-state index contributed by atoms with van der Waals surface area (Å²) in [7, 11) is 0. The smallest absolute Gasteiger partial charge is 0.123 e. The Labute approximate surface area is 98.9 Å². The molecule has 0 atom stereocenters. The number of nitrogen functional groups attached to an aromatic ring is 1. The summed E-state index contributed by atoms with van der Waals surface area (Å²) >= 11 is 0. The number of benzene rings is 1. The third-order valence-corrected chi connectivity index (χ3v) is 2.70. The molecule has 0 aliphatic heterocycles. The second-order valence-corrected chi connectivity index (χ2v) is 3.89.